The van der Waals surface area contributed by atoms with Crippen LogP contribution in [0.3, 0.4) is 0 Å². The van der Waals surface area contributed by atoms with Gasteiger partial charge in [0.25, 0.3) is 0 Å². The van der Waals surface area contributed by atoms with Crippen molar-refractivity contribution < 1.29 is 19.4 Å². The molecule has 2 atom stereocenters. The molecule has 2 rings (SSSR count). The van der Waals surface area contributed by atoms with Gasteiger partial charge in [0.1, 0.15) is 0 Å². The minimum absolute atomic E-state index is 0.0898. The monoisotopic (exact) mass is 303 g/mol. The summed E-state index contributed by atoms with van der Waals surface area (Å²) in [6.45, 7) is 2.57. The number of ether oxygens (including phenoxy) is 1. The highest BCUT2D eigenvalue weighted by atomic mass is 35.5. The Morgan fingerprint density at radius 1 is 1.58 bits per heavy atom. The third-order valence-electron chi connectivity index (χ3n) is 3.04. The van der Waals surface area contributed by atoms with Gasteiger partial charge in [0.15, 0.2) is 6.10 Å². The molecule has 1 aromatic heterocycles. The van der Waals surface area contributed by atoms with Crippen LogP contribution in [0.5, 0.6) is 0 Å². The highest BCUT2D eigenvalue weighted by Crippen LogP contribution is 2.29. The van der Waals surface area contributed by atoms with E-state index >= 15 is 0 Å². The fraction of sp³-hybridized carbons (Fsp3) is 0.500. The number of amides is 1. The lowest BCUT2D eigenvalue weighted by atomic mass is 10.1. The predicted molar refractivity (Wildman–Crippen MR) is 71.7 cm³/mol. The van der Waals surface area contributed by atoms with E-state index in [2.05, 4.69) is 0 Å². The molecule has 0 bridgehead atoms. The number of thiophene rings is 1. The molecular weight excluding hydrogens is 290 g/mol. The number of carbonyl (C=O) groups excluding carboxylic acids is 1. The largest absolute Gasteiger partial charge is 0.479 e. The van der Waals surface area contributed by atoms with E-state index in [1.165, 1.54) is 11.3 Å². The summed E-state index contributed by atoms with van der Waals surface area (Å²) < 4.78 is 5.74. The summed E-state index contributed by atoms with van der Waals surface area (Å²) in [6, 6.07) is 3.58. The lowest BCUT2D eigenvalue weighted by molar-refractivity contribution is -0.159. The number of carboxylic acids is 1. The molecule has 1 aliphatic heterocycles. The highest BCUT2D eigenvalue weighted by Gasteiger charge is 2.31. The third-order valence-corrected chi connectivity index (χ3v) is 4.46. The van der Waals surface area contributed by atoms with Gasteiger partial charge in [-0.2, -0.15) is 0 Å². The Balaban J connectivity index is 2.04. The van der Waals surface area contributed by atoms with Crippen molar-refractivity contribution in [1.29, 1.82) is 0 Å². The van der Waals surface area contributed by atoms with Crippen molar-refractivity contribution in [1.82, 2.24) is 4.90 Å². The number of halogens is 1. The first-order valence-corrected chi connectivity index (χ1v) is 7.07. The van der Waals surface area contributed by atoms with Gasteiger partial charge in [-0.25, -0.2) is 4.79 Å². The normalized spacial score (nSPS) is 21.2. The number of carbonyl (C=O) groups is 2. The maximum absolute atomic E-state index is 12.3. The molecule has 0 radical (unpaired) electrons. The Morgan fingerprint density at radius 2 is 2.32 bits per heavy atom. The van der Waals surface area contributed by atoms with Crippen LogP contribution in [0.25, 0.3) is 0 Å². The summed E-state index contributed by atoms with van der Waals surface area (Å²) >= 11 is 7.22. The molecule has 0 saturated carbocycles. The fourth-order valence-corrected chi connectivity index (χ4v) is 3.06. The minimum atomic E-state index is -1.04. The zero-order valence-electron chi connectivity index (χ0n) is 10.3. The van der Waals surface area contributed by atoms with Crippen molar-refractivity contribution in [2.24, 2.45) is 0 Å². The van der Waals surface area contributed by atoms with E-state index in [4.69, 9.17) is 21.4 Å². The van der Waals surface area contributed by atoms with Gasteiger partial charge in [-0.3, -0.25) is 4.79 Å². The number of rotatable bonds is 3. The molecule has 0 spiro atoms. The van der Waals surface area contributed by atoms with E-state index < -0.39 is 12.1 Å². The van der Waals surface area contributed by atoms with Gasteiger partial charge in [-0.1, -0.05) is 11.6 Å². The van der Waals surface area contributed by atoms with Crippen LogP contribution in [0.2, 0.25) is 4.34 Å². The molecule has 1 aromatic rings. The van der Waals surface area contributed by atoms with Crippen LogP contribution in [0.4, 0.5) is 0 Å². The lowest BCUT2D eigenvalue weighted by Crippen LogP contribution is -2.49. The fourth-order valence-electron chi connectivity index (χ4n) is 1.96. The van der Waals surface area contributed by atoms with Crippen molar-refractivity contribution in [2.45, 2.75) is 18.9 Å². The van der Waals surface area contributed by atoms with Gasteiger partial charge < -0.3 is 14.7 Å². The quantitative estimate of drug-likeness (QED) is 0.925. The Kier molecular flexibility index (Phi) is 4.44. The number of nitrogens with zero attached hydrogens (tertiary/aromatic N) is 1. The third kappa shape index (κ3) is 3.26. The molecule has 1 amide bonds. The van der Waals surface area contributed by atoms with E-state index in [0.717, 1.165) is 4.88 Å². The number of morpholine rings is 1. The van der Waals surface area contributed by atoms with E-state index in [-0.39, 0.29) is 25.0 Å². The van der Waals surface area contributed by atoms with Gasteiger partial charge >= 0.3 is 5.97 Å². The standard InChI is InChI=1S/C12H14ClNO4S/c1-7(9-2-3-10(13)19-9)11(15)14-4-5-18-8(6-14)12(16)17/h2-3,7-8H,4-6H2,1H3,(H,16,17)/t7-,8-/m0/s1. The van der Waals surface area contributed by atoms with Crippen molar-refractivity contribution in [3.05, 3.63) is 21.3 Å². The molecule has 0 unspecified atom stereocenters. The van der Waals surface area contributed by atoms with Gasteiger partial charge in [0.05, 0.1) is 23.4 Å². The van der Waals surface area contributed by atoms with Crippen molar-refractivity contribution in [3.63, 3.8) is 0 Å². The van der Waals surface area contributed by atoms with Gasteiger partial charge in [0.2, 0.25) is 5.91 Å². The Labute approximate surface area is 119 Å². The zero-order valence-corrected chi connectivity index (χ0v) is 11.9. The molecule has 0 aromatic carbocycles. The number of carboxylic acid groups (broad SMARTS) is 1. The number of aliphatic carboxylic acids is 1. The Bertz CT molecular complexity index is 490. The second-order valence-corrected chi connectivity index (χ2v) is 6.09. The van der Waals surface area contributed by atoms with E-state index in [9.17, 15) is 9.59 Å². The highest BCUT2D eigenvalue weighted by molar-refractivity contribution is 7.16. The van der Waals surface area contributed by atoms with Crippen LogP contribution in [0.15, 0.2) is 12.1 Å². The molecule has 1 saturated heterocycles. The van der Waals surface area contributed by atoms with Crippen LogP contribution in [0, 0.1) is 0 Å². The summed E-state index contributed by atoms with van der Waals surface area (Å²) in [4.78, 5) is 25.6. The summed E-state index contributed by atoms with van der Waals surface area (Å²) in [5, 5.41) is 8.92. The molecular formula is C12H14ClNO4S. The lowest BCUT2D eigenvalue weighted by Gasteiger charge is -2.32. The van der Waals surface area contributed by atoms with E-state index in [1.54, 1.807) is 17.9 Å². The Morgan fingerprint density at radius 3 is 2.89 bits per heavy atom. The summed E-state index contributed by atoms with van der Waals surface area (Å²) in [6.07, 6.45) is -0.933. The molecule has 104 valence electrons. The van der Waals surface area contributed by atoms with Crippen molar-refractivity contribution in [3.8, 4) is 0 Å². The molecule has 1 N–H and O–H groups in total. The number of hydrogen-bond acceptors (Lipinski definition) is 4. The van der Waals surface area contributed by atoms with Gasteiger partial charge in [-0.05, 0) is 19.1 Å². The zero-order chi connectivity index (χ0) is 14.0. The Hall–Kier alpha value is -1.11. The second-order valence-electron chi connectivity index (χ2n) is 4.35. The first kappa shape index (κ1) is 14.3. The molecule has 19 heavy (non-hydrogen) atoms. The maximum Gasteiger partial charge on any atom is 0.334 e. The SMILES string of the molecule is C[C@H](C(=O)N1CCO[C@H](C(=O)O)C1)c1ccc(Cl)s1. The smallest absolute Gasteiger partial charge is 0.334 e. The molecule has 5 nitrogen and oxygen atoms in total. The second kappa shape index (κ2) is 5.90. The first-order chi connectivity index (χ1) is 8.99. The van der Waals surface area contributed by atoms with Crippen LogP contribution < -0.4 is 0 Å². The first-order valence-electron chi connectivity index (χ1n) is 5.87. The van der Waals surface area contributed by atoms with Crippen LogP contribution in [-0.2, 0) is 14.3 Å². The van der Waals surface area contributed by atoms with Gasteiger partial charge in [0, 0.05) is 11.4 Å². The van der Waals surface area contributed by atoms with Crippen LogP contribution in [-0.4, -0.2) is 47.7 Å². The molecule has 7 heteroatoms. The predicted octanol–water partition coefficient (Wildman–Crippen LogP) is 1.82. The van der Waals surface area contributed by atoms with Crippen molar-refractivity contribution >= 4 is 34.8 Å². The van der Waals surface area contributed by atoms with Crippen LogP contribution >= 0.6 is 22.9 Å². The molecule has 2 heterocycles. The van der Waals surface area contributed by atoms with E-state index in [1.807, 2.05) is 6.07 Å². The van der Waals surface area contributed by atoms with Crippen LogP contribution in [0.1, 0.15) is 17.7 Å². The average molecular weight is 304 g/mol. The molecule has 1 fully saturated rings. The van der Waals surface area contributed by atoms with Crippen molar-refractivity contribution in [2.75, 3.05) is 19.7 Å². The summed E-state index contributed by atoms with van der Waals surface area (Å²) in [5.41, 5.74) is 0. The topological polar surface area (TPSA) is 66.8 Å². The summed E-state index contributed by atoms with van der Waals surface area (Å²) in [5.74, 6) is -1.44. The van der Waals surface area contributed by atoms with E-state index in [0.29, 0.717) is 10.9 Å². The minimum Gasteiger partial charge on any atom is -0.479 e. The summed E-state index contributed by atoms with van der Waals surface area (Å²) in [7, 11) is 0. The maximum atomic E-state index is 12.3. The van der Waals surface area contributed by atoms with Gasteiger partial charge in [-0.15, -0.1) is 11.3 Å². The molecule has 0 aliphatic carbocycles. The number of hydrogen-bond donors (Lipinski definition) is 1. The average Bonchev–Trinajstić information content (AvgIpc) is 2.84. The molecule has 1 aliphatic rings.